The Labute approximate surface area is 190 Å². The first-order valence-corrected chi connectivity index (χ1v) is 10.1. The number of hydrogen-bond donors (Lipinski definition) is 2. The number of anilines is 1. The molecule has 0 bridgehead atoms. The highest BCUT2D eigenvalue weighted by Gasteiger charge is 2.34. The van der Waals surface area contributed by atoms with Gasteiger partial charge in [0.25, 0.3) is 11.8 Å². The number of furan rings is 1. The van der Waals surface area contributed by atoms with Gasteiger partial charge in [0.1, 0.15) is 17.1 Å². The monoisotopic (exact) mass is 496 g/mol. The van der Waals surface area contributed by atoms with Gasteiger partial charge in [0.15, 0.2) is 5.11 Å². The number of aromatic carboxylic acids is 1. The number of carboxylic acids is 1. The van der Waals surface area contributed by atoms with Crippen molar-refractivity contribution in [2.24, 2.45) is 0 Å². The van der Waals surface area contributed by atoms with E-state index in [0.29, 0.717) is 17.2 Å². The maximum Gasteiger partial charge on any atom is 0.335 e. The summed E-state index contributed by atoms with van der Waals surface area (Å²) in [5.41, 5.74) is 1.07. The second-order valence-corrected chi connectivity index (χ2v) is 7.82. The number of carboxylic acid groups (broad SMARTS) is 1. The second kappa shape index (κ2) is 8.29. The quantitative estimate of drug-likeness (QED) is 0.318. The summed E-state index contributed by atoms with van der Waals surface area (Å²) >= 11 is 8.55. The van der Waals surface area contributed by atoms with Crippen LogP contribution in [0.1, 0.15) is 16.1 Å². The Kier molecular flexibility index (Phi) is 5.53. The van der Waals surface area contributed by atoms with Crippen molar-refractivity contribution in [3.63, 3.8) is 0 Å². The first kappa shape index (κ1) is 20.7. The van der Waals surface area contributed by atoms with Crippen LogP contribution in [0.2, 0.25) is 0 Å². The van der Waals surface area contributed by atoms with Gasteiger partial charge in [0.2, 0.25) is 0 Å². The maximum absolute atomic E-state index is 13.0. The van der Waals surface area contributed by atoms with Crippen LogP contribution in [0.15, 0.2) is 75.1 Å². The third-order valence-electron chi connectivity index (χ3n) is 4.50. The van der Waals surface area contributed by atoms with Gasteiger partial charge in [-0.25, -0.2) is 4.79 Å². The lowest BCUT2D eigenvalue weighted by atomic mass is 10.1. The molecule has 0 aliphatic carbocycles. The number of carbonyl (C=O) groups is 3. The van der Waals surface area contributed by atoms with E-state index >= 15 is 0 Å². The molecule has 0 spiro atoms. The smallest absolute Gasteiger partial charge is 0.335 e. The minimum Gasteiger partial charge on any atom is -0.478 e. The highest BCUT2D eigenvalue weighted by atomic mass is 79.9. The van der Waals surface area contributed by atoms with Gasteiger partial charge in [-0.1, -0.05) is 28.1 Å². The SMILES string of the molecule is O=C1NC(=S)N(c2ccc(C(=O)O)cc2)C(=O)/C1=C/c1ccc(-c2cccc(Br)c2)o1. The molecular weight excluding hydrogens is 484 g/mol. The van der Waals surface area contributed by atoms with E-state index in [0.717, 1.165) is 14.9 Å². The van der Waals surface area contributed by atoms with Crippen molar-refractivity contribution < 1.29 is 23.9 Å². The number of nitrogens with one attached hydrogen (secondary N) is 1. The lowest BCUT2D eigenvalue weighted by Crippen LogP contribution is -2.54. The van der Waals surface area contributed by atoms with E-state index in [2.05, 4.69) is 21.2 Å². The molecule has 4 rings (SSSR count). The van der Waals surface area contributed by atoms with Crippen LogP contribution >= 0.6 is 28.1 Å². The number of amides is 2. The number of nitrogens with zero attached hydrogens (tertiary/aromatic N) is 1. The fraction of sp³-hybridized carbons (Fsp3) is 0. The summed E-state index contributed by atoms with van der Waals surface area (Å²) in [5, 5.41) is 11.4. The molecule has 2 heterocycles. The molecule has 2 aromatic carbocycles. The molecule has 2 N–H and O–H groups in total. The summed E-state index contributed by atoms with van der Waals surface area (Å²) < 4.78 is 6.68. The Hall–Kier alpha value is -3.56. The van der Waals surface area contributed by atoms with Gasteiger partial charge >= 0.3 is 5.97 Å². The van der Waals surface area contributed by atoms with Crippen LogP contribution in [-0.4, -0.2) is 28.0 Å². The van der Waals surface area contributed by atoms with Crippen molar-refractivity contribution in [3.8, 4) is 11.3 Å². The molecule has 1 saturated heterocycles. The number of halogens is 1. The Morgan fingerprint density at radius 3 is 2.52 bits per heavy atom. The third kappa shape index (κ3) is 4.18. The topological polar surface area (TPSA) is 99.9 Å². The molecule has 0 saturated carbocycles. The zero-order valence-corrected chi connectivity index (χ0v) is 18.1. The predicted octanol–water partition coefficient (Wildman–Crippen LogP) is 4.24. The molecule has 0 atom stereocenters. The van der Waals surface area contributed by atoms with E-state index in [1.165, 1.54) is 30.3 Å². The van der Waals surface area contributed by atoms with E-state index in [9.17, 15) is 14.4 Å². The summed E-state index contributed by atoms with van der Waals surface area (Å²) in [6.07, 6.45) is 1.35. The Bertz CT molecular complexity index is 1260. The third-order valence-corrected chi connectivity index (χ3v) is 5.27. The molecule has 3 aromatic rings. The molecule has 31 heavy (non-hydrogen) atoms. The fourth-order valence-corrected chi connectivity index (χ4v) is 3.69. The van der Waals surface area contributed by atoms with Crippen molar-refractivity contribution in [2.45, 2.75) is 0 Å². The van der Waals surface area contributed by atoms with Gasteiger partial charge in [0.05, 0.1) is 11.3 Å². The fourth-order valence-electron chi connectivity index (χ4n) is 3.01. The lowest BCUT2D eigenvalue weighted by molar-refractivity contribution is -0.122. The molecule has 1 aromatic heterocycles. The van der Waals surface area contributed by atoms with Crippen LogP contribution in [0.4, 0.5) is 5.69 Å². The zero-order chi connectivity index (χ0) is 22.1. The minimum absolute atomic E-state index is 0.0644. The van der Waals surface area contributed by atoms with Crippen LogP contribution in [-0.2, 0) is 9.59 Å². The molecule has 1 fully saturated rings. The van der Waals surface area contributed by atoms with Crippen molar-refractivity contribution in [1.29, 1.82) is 0 Å². The second-order valence-electron chi connectivity index (χ2n) is 6.52. The highest BCUT2D eigenvalue weighted by Crippen LogP contribution is 2.27. The van der Waals surface area contributed by atoms with Gasteiger partial charge in [-0.05, 0) is 66.8 Å². The highest BCUT2D eigenvalue weighted by molar-refractivity contribution is 9.10. The molecule has 1 aliphatic rings. The molecule has 0 unspecified atom stereocenters. The standard InChI is InChI=1S/C22H13BrN2O5S/c23-14-3-1-2-13(10-14)18-9-8-16(30-18)11-17-19(26)24-22(31)25(20(17)27)15-6-4-12(5-7-15)21(28)29/h1-11H,(H,28,29)(H,24,26,31)/b17-11+. The Morgan fingerprint density at radius 2 is 1.84 bits per heavy atom. The van der Waals surface area contributed by atoms with E-state index in [1.807, 2.05) is 24.3 Å². The van der Waals surface area contributed by atoms with Crippen LogP contribution in [0.5, 0.6) is 0 Å². The van der Waals surface area contributed by atoms with Gasteiger partial charge in [-0.15, -0.1) is 0 Å². The van der Waals surface area contributed by atoms with Crippen molar-refractivity contribution >= 4 is 62.8 Å². The number of carbonyl (C=O) groups excluding carboxylic acids is 2. The maximum atomic E-state index is 13.0. The van der Waals surface area contributed by atoms with Gasteiger partial charge in [-0.2, -0.15) is 0 Å². The number of thiocarbonyl (C=S) groups is 1. The number of benzene rings is 2. The van der Waals surface area contributed by atoms with Crippen molar-refractivity contribution in [3.05, 3.63) is 82.0 Å². The number of rotatable bonds is 4. The predicted molar refractivity (Wildman–Crippen MR) is 121 cm³/mol. The average Bonchev–Trinajstić information content (AvgIpc) is 3.20. The van der Waals surface area contributed by atoms with E-state index in [1.54, 1.807) is 12.1 Å². The average molecular weight is 497 g/mol. The van der Waals surface area contributed by atoms with Crippen LogP contribution in [0, 0.1) is 0 Å². The van der Waals surface area contributed by atoms with E-state index in [4.69, 9.17) is 21.7 Å². The first-order valence-electron chi connectivity index (χ1n) is 8.94. The van der Waals surface area contributed by atoms with Crippen molar-refractivity contribution in [1.82, 2.24) is 5.32 Å². The van der Waals surface area contributed by atoms with Crippen LogP contribution in [0.3, 0.4) is 0 Å². The molecule has 2 amide bonds. The van der Waals surface area contributed by atoms with Crippen LogP contribution in [0.25, 0.3) is 17.4 Å². The lowest BCUT2D eigenvalue weighted by Gasteiger charge is -2.28. The molecule has 154 valence electrons. The first-order chi connectivity index (χ1) is 14.8. The molecule has 0 radical (unpaired) electrons. The zero-order valence-electron chi connectivity index (χ0n) is 15.7. The molecule has 9 heteroatoms. The molecule has 7 nitrogen and oxygen atoms in total. The Morgan fingerprint density at radius 1 is 1.10 bits per heavy atom. The van der Waals surface area contributed by atoms with E-state index in [-0.39, 0.29) is 16.2 Å². The summed E-state index contributed by atoms with van der Waals surface area (Å²) in [4.78, 5) is 37.6. The van der Waals surface area contributed by atoms with Crippen molar-refractivity contribution in [2.75, 3.05) is 4.90 Å². The summed E-state index contributed by atoms with van der Waals surface area (Å²) in [5.74, 6) is -1.48. The summed E-state index contributed by atoms with van der Waals surface area (Å²) in [6.45, 7) is 0. The molecular formula is C22H13BrN2O5S. The van der Waals surface area contributed by atoms with Gasteiger partial charge < -0.3 is 9.52 Å². The Balaban J connectivity index is 1.66. The summed E-state index contributed by atoms with van der Waals surface area (Å²) in [6, 6.07) is 16.5. The minimum atomic E-state index is -1.09. The van der Waals surface area contributed by atoms with Gasteiger partial charge in [0, 0.05) is 10.0 Å². The largest absolute Gasteiger partial charge is 0.478 e. The molecule has 1 aliphatic heterocycles. The van der Waals surface area contributed by atoms with Crippen LogP contribution < -0.4 is 10.2 Å². The normalized spacial score (nSPS) is 15.3. The van der Waals surface area contributed by atoms with Gasteiger partial charge in [-0.3, -0.25) is 19.8 Å². The number of hydrogen-bond acceptors (Lipinski definition) is 5. The summed E-state index contributed by atoms with van der Waals surface area (Å²) in [7, 11) is 0. The van der Waals surface area contributed by atoms with E-state index < -0.39 is 17.8 Å².